The number of hydrogen-bond donors (Lipinski definition) is 2. The highest BCUT2D eigenvalue weighted by molar-refractivity contribution is 5.22. The molecule has 1 unspecified atom stereocenters. The monoisotopic (exact) mass is 208 g/mol. The molecule has 0 aliphatic carbocycles. The van der Waals surface area contributed by atoms with Crippen molar-refractivity contribution < 1.29 is 5.11 Å². The number of aryl methyl sites for hydroxylation is 1. The molecular weight excluding hydrogens is 188 g/mol. The second-order valence-corrected chi connectivity index (χ2v) is 4.20. The van der Waals surface area contributed by atoms with E-state index in [1.54, 1.807) is 12.4 Å². The molecule has 84 valence electrons. The van der Waals surface area contributed by atoms with E-state index in [2.05, 4.69) is 17.2 Å². The molecule has 0 aliphatic rings. The summed E-state index contributed by atoms with van der Waals surface area (Å²) < 4.78 is 0. The third-order valence-corrected chi connectivity index (χ3v) is 2.39. The Bertz CT molecular complexity index is 310. The third-order valence-electron chi connectivity index (χ3n) is 2.39. The van der Waals surface area contributed by atoms with Gasteiger partial charge in [0.15, 0.2) is 0 Å². The number of aliphatic hydroxyl groups is 1. The SMILES string of the molecule is CCCNCC(C)(O)c1cncc(C)c1. The minimum absolute atomic E-state index is 0.561. The molecule has 0 aliphatic heterocycles. The fourth-order valence-electron chi connectivity index (χ4n) is 1.46. The molecule has 0 saturated carbocycles. The number of hydrogen-bond acceptors (Lipinski definition) is 3. The lowest BCUT2D eigenvalue weighted by Gasteiger charge is -2.24. The van der Waals surface area contributed by atoms with Crippen molar-refractivity contribution in [3.8, 4) is 0 Å². The summed E-state index contributed by atoms with van der Waals surface area (Å²) in [5, 5.41) is 13.4. The minimum Gasteiger partial charge on any atom is -0.384 e. The maximum Gasteiger partial charge on any atom is 0.101 e. The number of pyridine rings is 1. The van der Waals surface area contributed by atoms with E-state index < -0.39 is 5.60 Å². The van der Waals surface area contributed by atoms with Crippen LogP contribution in [0.1, 0.15) is 31.4 Å². The molecule has 3 heteroatoms. The van der Waals surface area contributed by atoms with E-state index in [9.17, 15) is 5.11 Å². The van der Waals surface area contributed by atoms with Crippen LogP contribution in [-0.4, -0.2) is 23.2 Å². The second-order valence-electron chi connectivity index (χ2n) is 4.20. The summed E-state index contributed by atoms with van der Waals surface area (Å²) in [5.41, 5.74) is 1.10. The molecule has 0 spiro atoms. The van der Waals surface area contributed by atoms with E-state index >= 15 is 0 Å². The maximum atomic E-state index is 10.2. The van der Waals surface area contributed by atoms with Gasteiger partial charge in [0.1, 0.15) is 5.60 Å². The lowest BCUT2D eigenvalue weighted by molar-refractivity contribution is 0.0568. The minimum atomic E-state index is -0.839. The highest BCUT2D eigenvalue weighted by Gasteiger charge is 2.22. The second kappa shape index (κ2) is 5.24. The van der Waals surface area contributed by atoms with Gasteiger partial charge in [0.05, 0.1) is 0 Å². The Morgan fingerprint density at radius 3 is 2.80 bits per heavy atom. The summed E-state index contributed by atoms with van der Waals surface area (Å²) in [6.45, 7) is 7.38. The van der Waals surface area contributed by atoms with E-state index in [1.807, 2.05) is 19.9 Å². The van der Waals surface area contributed by atoms with Gasteiger partial charge in [-0.2, -0.15) is 0 Å². The average Bonchev–Trinajstić information content (AvgIpc) is 2.18. The van der Waals surface area contributed by atoms with E-state index in [4.69, 9.17) is 0 Å². The quantitative estimate of drug-likeness (QED) is 0.722. The van der Waals surface area contributed by atoms with Gasteiger partial charge < -0.3 is 10.4 Å². The maximum absolute atomic E-state index is 10.2. The number of aromatic nitrogens is 1. The zero-order valence-corrected chi connectivity index (χ0v) is 9.75. The van der Waals surface area contributed by atoms with Crippen molar-refractivity contribution >= 4 is 0 Å². The van der Waals surface area contributed by atoms with Crippen LogP contribution in [0.3, 0.4) is 0 Å². The normalized spacial score (nSPS) is 14.9. The summed E-state index contributed by atoms with van der Waals surface area (Å²) in [4.78, 5) is 4.09. The van der Waals surface area contributed by atoms with Gasteiger partial charge in [-0.3, -0.25) is 4.98 Å². The van der Waals surface area contributed by atoms with Crippen molar-refractivity contribution in [3.05, 3.63) is 29.6 Å². The van der Waals surface area contributed by atoms with Crippen molar-refractivity contribution in [3.63, 3.8) is 0 Å². The topological polar surface area (TPSA) is 45.1 Å². The van der Waals surface area contributed by atoms with Gasteiger partial charge >= 0.3 is 0 Å². The van der Waals surface area contributed by atoms with Crippen molar-refractivity contribution in [1.82, 2.24) is 10.3 Å². The van der Waals surface area contributed by atoms with Crippen molar-refractivity contribution in [2.24, 2.45) is 0 Å². The van der Waals surface area contributed by atoms with Crippen LogP contribution in [0, 0.1) is 6.92 Å². The van der Waals surface area contributed by atoms with Gasteiger partial charge in [-0.15, -0.1) is 0 Å². The van der Waals surface area contributed by atoms with Gasteiger partial charge in [-0.05, 0) is 32.4 Å². The van der Waals surface area contributed by atoms with Crippen LogP contribution in [0.2, 0.25) is 0 Å². The molecular formula is C12H20N2O. The fourth-order valence-corrected chi connectivity index (χ4v) is 1.46. The smallest absolute Gasteiger partial charge is 0.101 e. The molecule has 0 radical (unpaired) electrons. The molecule has 0 fully saturated rings. The van der Waals surface area contributed by atoms with E-state index in [0.29, 0.717) is 6.54 Å². The van der Waals surface area contributed by atoms with E-state index in [0.717, 1.165) is 24.1 Å². The average molecular weight is 208 g/mol. The van der Waals surface area contributed by atoms with Crippen molar-refractivity contribution in [2.75, 3.05) is 13.1 Å². The van der Waals surface area contributed by atoms with E-state index in [1.165, 1.54) is 0 Å². The molecule has 1 atom stereocenters. The molecule has 0 amide bonds. The van der Waals surface area contributed by atoms with Crippen LogP contribution in [0.4, 0.5) is 0 Å². The summed E-state index contributed by atoms with van der Waals surface area (Å²) in [6.07, 6.45) is 4.59. The number of nitrogens with one attached hydrogen (secondary N) is 1. The molecule has 2 N–H and O–H groups in total. The molecule has 0 bridgehead atoms. The fraction of sp³-hybridized carbons (Fsp3) is 0.583. The number of nitrogens with zero attached hydrogens (tertiary/aromatic N) is 1. The highest BCUT2D eigenvalue weighted by Crippen LogP contribution is 2.19. The first-order valence-electron chi connectivity index (χ1n) is 5.41. The standard InChI is InChI=1S/C12H20N2O/c1-4-5-13-9-12(3,15)11-6-10(2)7-14-8-11/h6-8,13,15H,4-5,9H2,1-3H3. The van der Waals surface area contributed by atoms with Crippen molar-refractivity contribution in [2.45, 2.75) is 32.8 Å². The van der Waals surface area contributed by atoms with Gasteiger partial charge in [-0.1, -0.05) is 13.0 Å². The Morgan fingerprint density at radius 2 is 2.20 bits per heavy atom. The zero-order valence-electron chi connectivity index (χ0n) is 9.75. The Hall–Kier alpha value is -0.930. The predicted octanol–water partition coefficient (Wildman–Crippen LogP) is 1.60. The van der Waals surface area contributed by atoms with Gasteiger partial charge in [0, 0.05) is 24.5 Å². The molecule has 0 aromatic carbocycles. The molecule has 0 saturated heterocycles. The van der Waals surface area contributed by atoms with Crippen LogP contribution < -0.4 is 5.32 Å². The first-order valence-corrected chi connectivity index (χ1v) is 5.41. The summed E-state index contributed by atoms with van der Waals surface area (Å²) >= 11 is 0. The molecule has 1 aromatic heterocycles. The first-order chi connectivity index (χ1) is 7.06. The van der Waals surface area contributed by atoms with Crippen LogP contribution in [-0.2, 0) is 5.60 Å². The predicted molar refractivity (Wildman–Crippen MR) is 61.7 cm³/mol. The van der Waals surface area contributed by atoms with Gasteiger partial charge in [-0.25, -0.2) is 0 Å². The molecule has 1 heterocycles. The van der Waals surface area contributed by atoms with Crippen LogP contribution in [0.25, 0.3) is 0 Å². The molecule has 1 rings (SSSR count). The van der Waals surface area contributed by atoms with Crippen LogP contribution >= 0.6 is 0 Å². The lowest BCUT2D eigenvalue weighted by Crippen LogP contribution is -2.35. The zero-order chi connectivity index (χ0) is 11.3. The summed E-state index contributed by atoms with van der Waals surface area (Å²) in [5.74, 6) is 0. The Balaban J connectivity index is 2.67. The van der Waals surface area contributed by atoms with Gasteiger partial charge in [0.25, 0.3) is 0 Å². The summed E-state index contributed by atoms with van der Waals surface area (Å²) in [6, 6.07) is 1.97. The highest BCUT2D eigenvalue weighted by atomic mass is 16.3. The number of rotatable bonds is 5. The first kappa shape index (κ1) is 12.1. The molecule has 3 nitrogen and oxygen atoms in total. The van der Waals surface area contributed by atoms with Gasteiger partial charge in [0.2, 0.25) is 0 Å². The largest absolute Gasteiger partial charge is 0.384 e. The van der Waals surface area contributed by atoms with Crippen LogP contribution in [0.5, 0.6) is 0 Å². The Morgan fingerprint density at radius 1 is 1.47 bits per heavy atom. The van der Waals surface area contributed by atoms with Crippen molar-refractivity contribution in [1.29, 1.82) is 0 Å². The lowest BCUT2D eigenvalue weighted by atomic mass is 9.97. The third kappa shape index (κ3) is 3.61. The van der Waals surface area contributed by atoms with Crippen LogP contribution in [0.15, 0.2) is 18.5 Å². The Kier molecular flexibility index (Phi) is 4.24. The van der Waals surface area contributed by atoms with E-state index in [-0.39, 0.29) is 0 Å². The summed E-state index contributed by atoms with van der Waals surface area (Å²) in [7, 11) is 0. The Labute approximate surface area is 91.5 Å². The molecule has 1 aromatic rings. The molecule has 15 heavy (non-hydrogen) atoms.